The van der Waals surface area contributed by atoms with Crippen LogP contribution in [0.5, 0.6) is 5.75 Å². The van der Waals surface area contributed by atoms with E-state index in [9.17, 15) is 0 Å². The number of fused-ring (bicyclic) bond motifs is 1. The molecule has 130 valence electrons. The first-order chi connectivity index (χ1) is 12.3. The SMILES string of the molecule is COc1cccc2sc(N3CCN(CCc4ccccc4)CC3)nc12. The molecule has 0 spiro atoms. The van der Waals surface area contributed by atoms with Crippen LogP contribution in [0.15, 0.2) is 48.5 Å². The number of aromatic nitrogens is 1. The average Bonchev–Trinajstić information content (AvgIpc) is 3.12. The summed E-state index contributed by atoms with van der Waals surface area (Å²) in [5.74, 6) is 0.862. The Morgan fingerprint density at radius 2 is 1.80 bits per heavy atom. The van der Waals surface area contributed by atoms with E-state index in [-0.39, 0.29) is 0 Å². The van der Waals surface area contributed by atoms with E-state index in [0.717, 1.165) is 55.5 Å². The van der Waals surface area contributed by atoms with Crippen molar-refractivity contribution in [2.45, 2.75) is 6.42 Å². The molecule has 25 heavy (non-hydrogen) atoms. The van der Waals surface area contributed by atoms with Gasteiger partial charge in [0.1, 0.15) is 11.3 Å². The van der Waals surface area contributed by atoms with E-state index in [2.05, 4.69) is 46.2 Å². The van der Waals surface area contributed by atoms with Crippen LogP contribution >= 0.6 is 11.3 Å². The highest BCUT2D eigenvalue weighted by molar-refractivity contribution is 7.22. The van der Waals surface area contributed by atoms with Crippen molar-refractivity contribution in [1.29, 1.82) is 0 Å². The van der Waals surface area contributed by atoms with Crippen molar-refractivity contribution in [2.24, 2.45) is 0 Å². The number of nitrogens with zero attached hydrogens (tertiary/aromatic N) is 3. The zero-order chi connectivity index (χ0) is 17.1. The van der Waals surface area contributed by atoms with Crippen LogP contribution in [-0.2, 0) is 6.42 Å². The lowest BCUT2D eigenvalue weighted by molar-refractivity contribution is 0.261. The molecule has 2 aromatic carbocycles. The molecule has 1 saturated heterocycles. The topological polar surface area (TPSA) is 28.6 Å². The van der Waals surface area contributed by atoms with E-state index in [1.807, 2.05) is 12.1 Å². The Hall–Kier alpha value is -2.11. The highest BCUT2D eigenvalue weighted by atomic mass is 32.1. The van der Waals surface area contributed by atoms with Crippen molar-refractivity contribution in [1.82, 2.24) is 9.88 Å². The van der Waals surface area contributed by atoms with Crippen LogP contribution < -0.4 is 9.64 Å². The van der Waals surface area contributed by atoms with Gasteiger partial charge in [0, 0.05) is 32.7 Å². The molecule has 0 amide bonds. The highest BCUT2D eigenvalue weighted by Crippen LogP contribution is 2.34. The van der Waals surface area contributed by atoms with Gasteiger partial charge in [0.05, 0.1) is 11.8 Å². The van der Waals surface area contributed by atoms with Crippen molar-refractivity contribution >= 4 is 26.7 Å². The van der Waals surface area contributed by atoms with Gasteiger partial charge in [-0.05, 0) is 24.1 Å². The summed E-state index contributed by atoms with van der Waals surface area (Å²) in [6, 6.07) is 16.9. The second kappa shape index (κ2) is 7.42. The van der Waals surface area contributed by atoms with Crippen LogP contribution in [-0.4, -0.2) is 49.7 Å². The summed E-state index contributed by atoms with van der Waals surface area (Å²) < 4.78 is 6.63. The van der Waals surface area contributed by atoms with E-state index in [4.69, 9.17) is 9.72 Å². The Morgan fingerprint density at radius 1 is 1.00 bits per heavy atom. The largest absolute Gasteiger partial charge is 0.494 e. The third-order valence-corrected chi connectivity index (χ3v) is 5.87. The number of piperazine rings is 1. The zero-order valence-corrected chi connectivity index (χ0v) is 15.3. The molecule has 4 nitrogen and oxygen atoms in total. The number of para-hydroxylation sites is 1. The Morgan fingerprint density at radius 3 is 2.56 bits per heavy atom. The molecule has 1 fully saturated rings. The molecule has 2 heterocycles. The number of anilines is 1. The Bertz CT molecular complexity index is 825. The van der Waals surface area contributed by atoms with Gasteiger partial charge in [-0.3, -0.25) is 4.90 Å². The Balaban J connectivity index is 1.37. The van der Waals surface area contributed by atoms with Crippen LogP contribution in [0.1, 0.15) is 5.56 Å². The quantitative estimate of drug-likeness (QED) is 0.700. The van der Waals surface area contributed by atoms with Gasteiger partial charge in [0.15, 0.2) is 5.13 Å². The summed E-state index contributed by atoms with van der Waals surface area (Å²) in [6.07, 6.45) is 1.12. The van der Waals surface area contributed by atoms with Gasteiger partial charge in [-0.25, -0.2) is 4.98 Å². The zero-order valence-electron chi connectivity index (χ0n) is 14.5. The van der Waals surface area contributed by atoms with Gasteiger partial charge in [0.25, 0.3) is 0 Å². The number of methoxy groups -OCH3 is 1. The van der Waals surface area contributed by atoms with Crippen LogP contribution in [0, 0.1) is 0 Å². The summed E-state index contributed by atoms with van der Waals surface area (Å²) >= 11 is 1.76. The molecule has 3 aromatic rings. The van der Waals surface area contributed by atoms with Gasteiger partial charge in [-0.15, -0.1) is 0 Å². The smallest absolute Gasteiger partial charge is 0.186 e. The summed E-state index contributed by atoms with van der Waals surface area (Å²) in [6.45, 7) is 5.40. The van der Waals surface area contributed by atoms with Gasteiger partial charge in [-0.2, -0.15) is 0 Å². The molecule has 1 aliphatic heterocycles. The predicted octanol–water partition coefficient (Wildman–Crippen LogP) is 3.67. The van der Waals surface area contributed by atoms with Crippen LogP contribution in [0.2, 0.25) is 0 Å². The number of rotatable bonds is 5. The van der Waals surface area contributed by atoms with Gasteiger partial charge < -0.3 is 9.64 Å². The number of thiazole rings is 1. The molecular weight excluding hydrogens is 330 g/mol. The lowest BCUT2D eigenvalue weighted by Crippen LogP contribution is -2.46. The minimum absolute atomic E-state index is 0.862. The molecule has 1 aliphatic rings. The van der Waals surface area contributed by atoms with E-state index < -0.39 is 0 Å². The van der Waals surface area contributed by atoms with Gasteiger partial charge in [-0.1, -0.05) is 47.7 Å². The fourth-order valence-corrected chi connectivity index (χ4v) is 4.34. The van der Waals surface area contributed by atoms with E-state index in [1.165, 1.54) is 10.3 Å². The minimum Gasteiger partial charge on any atom is -0.494 e. The predicted molar refractivity (Wildman–Crippen MR) is 105 cm³/mol. The lowest BCUT2D eigenvalue weighted by Gasteiger charge is -2.34. The maximum Gasteiger partial charge on any atom is 0.186 e. The molecule has 0 radical (unpaired) electrons. The number of ether oxygens (including phenoxy) is 1. The summed E-state index contributed by atoms with van der Waals surface area (Å²) in [4.78, 5) is 9.79. The van der Waals surface area contributed by atoms with E-state index >= 15 is 0 Å². The third-order valence-electron chi connectivity index (χ3n) is 4.79. The maximum atomic E-state index is 5.44. The first-order valence-electron chi connectivity index (χ1n) is 8.78. The van der Waals surface area contributed by atoms with Crippen molar-refractivity contribution in [3.8, 4) is 5.75 Å². The second-order valence-electron chi connectivity index (χ2n) is 6.37. The van der Waals surface area contributed by atoms with Crippen molar-refractivity contribution in [2.75, 3.05) is 44.7 Å². The van der Waals surface area contributed by atoms with Crippen LogP contribution in [0.25, 0.3) is 10.2 Å². The number of hydrogen-bond donors (Lipinski definition) is 0. The molecule has 1 aromatic heterocycles. The fraction of sp³-hybridized carbons (Fsp3) is 0.350. The molecule has 0 atom stereocenters. The molecule has 5 heteroatoms. The maximum absolute atomic E-state index is 5.44. The normalized spacial score (nSPS) is 15.6. The van der Waals surface area contributed by atoms with Crippen molar-refractivity contribution in [3.63, 3.8) is 0 Å². The summed E-state index contributed by atoms with van der Waals surface area (Å²) in [5, 5.41) is 1.11. The lowest BCUT2D eigenvalue weighted by atomic mass is 10.1. The molecule has 0 aliphatic carbocycles. The van der Waals surface area contributed by atoms with E-state index in [0.29, 0.717) is 0 Å². The first-order valence-corrected chi connectivity index (χ1v) is 9.60. The third kappa shape index (κ3) is 3.62. The number of benzene rings is 2. The van der Waals surface area contributed by atoms with E-state index in [1.54, 1.807) is 18.4 Å². The molecule has 0 saturated carbocycles. The molecule has 0 unspecified atom stereocenters. The fourth-order valence-electron chi connectivity index (χ4n) is 3.31. The number of hydrogen-bond acceptors (Lipinski definition) is 5. The Kier molecular flexibility index (Phi) is 4.85. The van der Waals surface area contributed by atoms with Gasteiger partial charge in [0.2, 0.25) is 0 Å². The van der Waals surface area contributed by atoms with Crippen LogP contribution in [0.3, 0.4) is 0 Å². The van der Waals surface area contributed by atoms with Crippen molar-refractivity contribution < 1.29 is 4.74 Å². The monoisotopic (exact) mass is 353 g/mol. The molecule has 4 rings (SSSR count). The second-order valence-corrected chi connectivity index (χ2v) is 7.38. The summed E-state index contributed by atoms with van der Waals surface area (Å²) in [7, 11) is 1.71. The highest BCUT2D eigenvalue weighted by Gasteiger charge is 2.20. The van der Waals surface area contributed by atoms with Gasteiger partial charge >= 0.3 is 0 Å². The minimum atomic E-state index is 0.862. The average molecular weight is 353 g/mol. The molecule has 0 bridgehead atoms. The molecular formula is C20H23N3OS. The Labute approximate surface area is 152 Å². The standard InChI is InChI=1S/C20H23N3OS/c1-24-17-8-5-9-18-19(17)21-20(25-18)23-14-12-22(13-15-23)11-10-16-6-3-2-4-7-16/h2-9H,10-15H2,1H3. The first kappa shape index (κ1) is 16.4. The van der Waals surface area contributed by atoms with Crippen LogP contribution in [0.4, 0.5) is 5.13 Å². The van der Waals surface area contributed by atoms with Crippen molar-refractivity contribution in [3.05, 3.63) is 54.1 Å². The summed E-state index contributed by atoms with van der Waals surface area (Å²) in [5.41, 5.74) is 2.40. The molecule has 0 N–H and O–H groups in total.